The molecule has 1 aliphatic rings. The van der Waals surface area contributed by atoms with Crippen molar-refractivity contribution in [3.63, 3.8) is 0 Å². The maximum absolute atomic E-state index is 12.7. The number of thiophene rings is 1. The molecule has 180 valence electrons. The van der Waals surface area contributed by atoms with Crippen LogP contribution in [-0.2, 0) is 6.54 Å². The lowest BCUT2D eigenvalue weighted by Crippen LogP contribution is -2.43. The highest BCUT2D eigenvalue weighted by atomic mass is 32.1. The number of aryl methyl sites for hydroxylation is 1. The number of piperazine rings is 1. The molecule has 2 aromatic heterocycles. The van der Waals surface area contributed by atoms with Crippen LogP contribution in [-0.4, -0.2) is 59.3 Å². The molecule has 2 aromatic carbocycles. The van der Waals surface area contributed by atoms with Gasteiger partial charge in [0, 0.05) is 43.7 Å². The minimum absolute atomic E-state index is 0.493. The number of hydrogen-bond acceptors (Lipinski definition) is 6. The second-order valence-corrected chi connectivity index (χ2v) is 9.77. The third-order valence-electron chi connectivity index (χ3n) is 6.28. The molecule has 0 bridgehead atoms. The highest BCUT2D eigenvalue weighted by Gasteiger charge is 2.16. The molecule has 1 fully saturated rings. The first kappa shape index (κ1) is 23.3. The van der Waals surface area contributed by atoms with E-state index in [0.717, 1.165) is 66.0 Å². The van der Waals surface area contributed by atoms with Gasteiger partial charge in [-0.3, -0.25) is 15.3 Å². The summed E-state index contributed by atoms with van der Waals surface area (Å²) in [6.07, 6.45) is 3.45. The third-order valence-corrected chi connectivity index (χ3v) is 7.17. The first-order chi connectivity index (χ1) is 17.0. The van der Waals surface area contributed by atoms with Gasteiger partial charge in [-0.1, -0.05) is 36.4 Å². The van der Waals surface area contributed by atoms with E-state index in [9.17, 15) is 4.79 Å². The maximum Gasteiger partial charge on any atom is 0.417 e. The number of H-pyrrole nitrogens is 1. The quantitative estimate of drug-likeness (QED) is 0.378. The summed E-state index contributed by atoms with van der Waals surface area (Å²) in [5, 5.41) is 14.0. The van der Waals surface area contributed by atoms with Crippen LogP contribution in [0.5, 0.6) is 5.06 Å². The molecule has 0 saturated carbocycles. The molecule has 1 saturated heterocycles. The standard InChI is InChI=1S/C27H29N5O2S/c1-19-11-16-35-26(19)34-27(33)28-25-17-20(18-32-14-12-31(2)13-15-32)7-8-21(25)9-10-24-22-5-3-4-6-23(22)29-30-24/h3-11,16-17H,12-15,18H2,1-2H3,(H,28,33)(H,29,30)/b10-9+. The Hall–Kier alpha value is -3.46. The molecule has 8 heteroatoms. The Balaban J connectivity index is 1.39. The molecule has 0 spiro atoms. The van der Waals surface area contributed by atoms with Crippen LogP contribution in [0.1, 0.15) is 22.4 Å². The van der Waals surface area contributed by atoms with E-state index < -0.39 is 6.09 Å². The molecular formula is C27H29N5O2S. The number of anilines is 1. The molecule has 0 radical (unpaired) electrons. The van der Waals surface area contributed by atoms with Gasteiger partial charge in [0.25, 0.3) is 0 Å². The van der Waals surface area contributed by atoms with Gasteiger partial charge in [0.05, 0.1) is 16.9 Å². The average molecular weight is 488 g/mol. The average Bonchev–Trinajstić information content (AvgIpc) is 3.46. The number of fused-ring (bicyclic) bond motifs is 1. The Morgan fingerprint density at radius 2 is 1.97 bits per heavy atom. The van der Waals surface area contributed by atoms with Gasteiger partial charge >= 0.3 is 6.09 Å². The zero-order chi connectivity index (χ0) is 24.2. The number of ether oxygens (including phenoxy) is 1. The number of amides is 1. The number of benzene rings is 2. The monoisotopic (exact) mass is 487 g/mol. The molecule has 3 heterocycles. The van der Waals surface area contributed by atoms with E-state index >= 15 is 0 Å². The van der Waals surface area contributed by atoms with E-state index in [1.54, 1.807) is 0 Å². The van der Waals surface area contributed by atoms with Crippen LogP contribution in [0.15, 0.2) is 53.9 Å². The summed E-state index contributed by atoms with van der Waals surface area (Å²) in [6, 6.07) is 16.2. The predicted octanol–water partition coefficient (Wildman–Crippen LogP) is 5.46. The number of para-hydroxylation sites is 1. The molecule has 35 heavy (non-hydrogen) atoms. The summed E-state index contributed by atoms with van der Waals surface area (Å²) in [5.41, 5.74) is 5.54. The van der Waals surface area contributed by atoms with Crippen LogP contribution < -0.4 is 10.1 Å². The first-order valence-electron chi connectivity index (χ1n) is 11.7. The highest BCUT2D eigenvalue weighted by molar-refractivity contribution is 7.12. The van der Waals surface area contributed by atoms with Crippen molar-refractivity contribution >= 4 is 46.2 Å². The van der Waals surface area contributed by atoms with Crippen LogP contribution >= 0.6 is 11.3 Å². The Bertz CT molecular complexity index is 1350. The van der Waals surface area contributed by atoms with Crippen molar-refractivity contribution in [1.29, 1.82) is 0 Å². The van der Waals surface area contributed by atoms with Crippen molar-refractivity contribution in [2.75, 3.05) is 38.5 Å². The minimum atomic E-state index is -0.493. The summed E-state index contributed by atoms with van der Waals surface area (Å²) in [6.45, 7) is 6.97. The first-order valence-corrected chi connectivity index (χ1v) is 12.6. The van der Waals surface area contributed by atoms with Crippen molar-refractivity contribution in [3.8, 4) is 5.06 Å². The molecule has 7 nitrogen and oxygen atoms in total. The largest absolute Gasteiger partial charge is 0.417 e. The van der Waals surface area contributed by atoms with E-state index in [2.05, 4.69) is 38.4 Å². The van der Waals surface area contributed by atoms with Crippen LogP contribution in [0.25, 0.3) is 23.1 Å². The Morgan fingerprint density at radius 3 is 2.77 bits per heavy atom. The van der Waals surface area contributed by atoms with E-state index in [-0.39, 0.29) is 0 Å². The molecule has 0 aliphatic carbocycles. The molecular weight excluding hydrogens is 458 g/mol. The van der Waals surface area contributed by atoms with Crippen molar-refractivity contribution in [2.24, 2.45) is 0 Å². The van der Waals surface area contributed by atoms with Crippen LogP contribution in [0, 0.1) is 6.92 Å². The molecule has 0 atom stereocenters. The summed E-state index contributed by atoms with van der Waals surface area (Å²) < 4.78 is 5.56. The Morgan fingerprint density at radius 1 is 1.14 bits per heavy atom. The Labute approximate surface area is 209 Å². The van der Waals surface area contributed by atoms with Gasteiger partial charge in [0.1, 0.15) is 0 Å². The SMILES string of the molecule is Cc1ccsc1OC(=O)Nc1cc(CN2CCN(C)CC2)ccc1/C=C/c1n[nH]c2ccccc12. The Kier molecular flexibility index (Phi) is 6.94. The van der Waals surface area contributed by atoms with Gasteiger partial charge in [0.2, 0.25) is 0 Å². The lowest BCUT2D eigenvalue weighted by Gasteiger charge is -2.32. The van der Waals surface area contributed by atoms with E-state index in [1.165, 1.54) is 11.3 Å². The second kappa shape index (κ2) is 10.4. The number of nitrogens with zero attached hydrogens (tertiary/aromatic N) is 3. The molecule has 2 N–H and O–H groups in total. The summed E-state index contributed by atoms with van der Waals surface area (Å²) >= 11 is 1.41. The number of nitrogens with one attached hydrogen (secondary N) is 2. The highest BCUT2D eigenvalue weighted by Crippen LogP contribution is 2.27. The van der Waals surface area contributed by atoms with Crippen molar-refractivity contribution in [2.45, 2.75) is 13.5 Å². The predicted molar refractivity (Wildman–Crippen MR) is 143 cm³/mol. The summed E-state index contributed by atoms with van der Waals surface area (Å²) in [5.74, 6) is 0. The topological polar surface area (TPSA) is 73.5 Å². The van der Waals surface area contributed by atoms with Gasteiger partial charge in [-0.15, -0.1) is 11.3 Å². The summed E-state index contributed by atoms with van der Waals surface area (Å²) in [4.78, 5) is 17.5. The lowest BCUT2D eigenvalue weighted by molar-refractivity contribution is 0.148. The molecule has 4 aromatic rings. The van der Waals surface area contributed by atoms with Gasteiger partial charge in [-0.2, -0.15) is 5.10 Å². The lowest BCUT2D eigenvalue weighted by atomic mass is 10.1. The van der Waals surface area contributed by atoms with Gasteiger partial charge in [-0.25, -0.2) is 4.79 Å². The second-order valence-electron chi connectivity index (χ2n) is 8.89. The number of aromatic nitrogens is 2. The van der Waals surface area contributed by atoms with E-state index in [1.807, 2.05) is 66.9 Å². The van der Waals surface area contributed by atoms with E-state index in [0.29, 0.717) is 10.8 Å². The molecule has 5 rings (SSSR count). The maximum atomic E-state index is 12.7. The third kappa shape index (κ3) is 5.62. The van der Waals surface area contributed by atoms with Crippen molar-refractivity contribution in [3.05, 3.63) is 76.3 Å². The van der Waals surface area contributed by atoms with Crippen LogP contribution in [0.2, 0.25) is 0 Å². The zero-order valence-corrected chi connectivity index (χ0v) is 20.8. The summed E-state index contributed by atoms with van der Waals surface area (Å²) in [7, 11) is 2.16. The van der Waals surface area contributed by atoms with Crippen LogP contribution in [0.4, 0.5) is 10.5 Å². The van der Waals surface area contributed by atoms with Gasteiger partial charge < -0.3 is 9.64 Å². The van der Waals surface area contributed by atoms with Gasteiger partial charge in [-0.05, 0) is 54.8 Å². The van der Waals surface area contributed by atoms with Gasteiger partial charge in [0.15, 0.2) is 5.06 Å². The fourth-order valence-electron chi connectivity index (χ4n) is 4.18. The molecule has 1 aliphatic heterocycles. The zero-order valence-electron chi connectivity index (χ0n) is 20.0. The van der Waals surface area contributed by atoms with Crippen LogP contribution in [0.3, 0.4) is 0 Å². The van der Waals surface area contributed by atoms with Crippen molar-refractivity contribution < 1.29 is 9.53 Å². The number of aromatic amines is 1. The number of likely N-dealkylation sites (N-methyl/N-ethyl adjacent to an activating group) is 1. The molecule has 1 amide bonds. The number of rotatable bonds is 6. The fraction of sp³-hybridized carbons (Fsp3) is 0.259. The fourth-order valence-corrected chi connectivity index (χ4v) is 4.96. The number of carbonyl (C=O) groups is 1. The van der Waals surface area contributed by atoms with Crippen molar-refractivity contribution in [1.82, 2.24) is 20.0 Å². The number of hydrogen-bond donors (Lipinski definition) is 2. The minimum Gasteiger partial charge on any atom is -0.399 e. The molecule has 0 unspecified atom stereocenters. The number of carbonyl (C=O) groups excluding carboxylic acids is 1. The van der Waals surface area contributed by atoms with E-state index in [4.69, 9.17) is 4.74 Å². The smallest absolute Gasteiger partial charge is 0.399 e. The normalized spacial score (nSPS) is 15.1.